The highest BCUT2D eigenvalue weighted by Gasteiger charge is 1.94. The number of aromatic nitrogens is 1. The molecule has 0 radical (unpaired) electrons. The quantitative estimate of drug-likeness (QED) is 0.837. The molecule has 0 fully saturated rings. The van der Waals surface area contributed by atoms with Gasteiger partial charge in [0.25, 0.3) is 0 Å². The maximum atomic E-state index is 8.98. The molecule has 0 atom stereocenters. The fraction of sp³-hybridized carbons (Fsp3) is 0.143. The minimum Gasteiger partial charge on any atom is -0.497 e. The maximum Gasteiger partial charge on any atom is 0.119 e. The first-order valence-electron chi connectivity index (χ1n) is 5.57. The highest BCUT2D eigenvalue weighted by molar-refractivity contribution is 5.79. The van der Waals surface area contributed by atoms with E-state index in [-0.39, 0.29) is 6.61 Å². The highest BCUT2D eigenvalue weighted by atomic mass is 16.5. The van der Waals surface area contributed by atoms with Gasteiger partial charge in [-0.1, -0.05) is 6.07 Å². The van der Waals surface area contributed by atoms with Gasteiger partial charge >= 0.3 is 0 Å². The average molecular weight is 242 g/mol. The van der Waals surface area contributed by atoms with Crippen LogP contribution in [-0.2, 0) is 6.61 Å². The Labute approximate surface area is 106 Å². The van der Waals surface area contributed by atoms with Crippen molar-refractivity contribution >= 4 is 11.9 Å². The summed E-state index contributed by atoms with van der Waals surface area (Å²) < 4.78 is 5.07. The first-order chi connectivity index (χ1) is 8.81. The average Bonchev–Trinajstić information content (AvgIpc) is 2.46. The van der Waals surface area contributed by atoms with E-state index in [0.717, 1.165) is 17.1 Å². The molecule has 18 heavy (non-hydrogen) atoms. The number of benzene rings is 1. The Hall–Kier alpha value is -2.20. The summed E-state index contributed by atoms with van der Waals surface area (Å²) in [6.07, 6.45) is 1.67. The summed E-state index contributed by atoms with van der Waals surface area (Å²) in [5.41, 5.74) is 2.18. The molecule has 2 rings (SSSR count). The lowest BCUT2D eigenvalue weighted by Gasteiger charge is -1.99. The zero-order valence-electron chi connectivity index (χ0n) is 10.1. The molecule has 92 valence electrons. The number of hydrogen-bond donors (Lipinski definition) is 1. The summed E-state index contributed by atoms with van der Waals surface area (Å²) in [5.74, 6) is 0.800. The summed E-state index contributed by atoms with van der Waals surface area (Å²) in [4.78, 5) is 8.52. The number of pyridine rings is 1. The number of methoxy groups -OCH3 is 1. The molecular weight excluding hydrogens is 228 g/mol. The molecule has 0 spiro atoms. The van der Waals surface area contributed by atoms with Gasteiger partial charge in [-0.3, -0.25) is 4.99 Å². The molecule has 4 nitrogen and oxygen atoms in total. The Morgan fingerprint density at radius 3 is 2.67 bits per heavy atom. The molecule has 0 saturated carbocycles. The molecule has 0 amide bonds. The molecule has 0 aliphatic carbocycles. The van der Waals surface area contributed by atoms with Crippen LogP contribution >= 0.6 is 0 Å². The van der Waals surface area contributed by atoms with Crippen LogP contribution in [0.1, 0.15) is 11.4 Å². The second kappa shape index (κ2) is 5.93. The van der Waals surface area contributed by atoms with Crippen molar-refractivity contribution in [2.75, 3.05) is 7.11 Å². The monoisotopic (exact) mass is 242 g/mol. The second-order valence-electron chi connectivity index (χ2n) is 3.67. The van der Waals surface area contributed by atoms with Crippen LogP contribution in [0.25, 0.3) is 0 Å². The van der Waals surface area contributed by atoms with E-state index in [1.807, 2.05) is 36.4 Å². The minimum absolute atomic E-state index is 0.0653. The summed E-state index contributed by atoms with van der Waals surface area (Å²) in [7, 11) is 1.63. The molecule has 1 N–H and O–H groups in total. The van der Waals surface area contributed by atoms with Crippen molar-refractivity contribution in [3.63, 3.8) is 0 Å². The Morgan fingerprint density at radius 2 is 2.00 bits per heavy atom. The fourth-order valence-electron chi connectivity index (χ4n) is 1.47. The number of aliphatic hydroxyl groups excluding tert-OH is 1. The van der Waals surface area contributed by atoms with Crippen molar-refractivity contribution in [2.24, 2.45) is 4.99 Å². The van der Waals surface area contributed by atoms with Crippen LogP contribution in [0.5, 0.6) is 5.75 Å². The van der Waals surface area contributed by atoms with Crippen LogP contribution in [0.3, 0.4) is 0 Å². The number of hydrogen-bond acceptors (Lipinski definition) is 4. The number of rotatable bonds is 4. The molecule has 1 aromatic heterocycles. The first kappa shape index (κ1) is 12.3. The molecule has 1 aromatic carbocycles. The number of aliphatic hydroxyl groups is 1. The molecular formula is C14H14N2O2. The van der Waals surface area contributed by atoms with E-state index in [4.69, 9.17) is 9.84 Å². The summed E-state index contributed by atoms with van der Waals surface area (Å²) in [6, 6.07) is 12.9. The third-order valence-corrected chi connectivity index (χ3v) is 2.41. The summed E-state index contributed by atoms with van der Waals surface area (Å²) in [5, 5.41) is 8.98. The van der Waals surface area contributed by atoms with Crippen LogP contribution in [-0.4, -0.2) is 23.4 Å². The zero-order chi connectivity index (χ0) is 12.8. The minimum atomic E-state index is -0.0653. The van der Waals surface area contributed by atoms with E-state index in [1.165, 1.54) is 0 Å². The topological polar surface area (TPSA) is 54.7 Å². The van der Waals surface area contributed by atoms with Crippen LogP contribution in [0, 0.1) is 0 Å². The largest absolute Gasteiger partial charge is 0.497 e. The van der Waals surface area contributed by atoms with Gasteiger partial charge in [0.05, 0.1) is 37.0 Å². The van der Waals surface area contributed by atoms with Crippen LogP contribution in [0.2, 0.25) is 0 Å². The van der Waals surface area contributed by atoms with Gasteiger partial charge in [-0.05, 0) is 36.4 Å². The van der Waals surface area contributed by atoms with Gasteiger partial charge < -0.3 is 9.84 Å². The molecule has 2 aromatic rings. The van der Waals surface area contributed by atoms with E-state index in [9.17, 15) is 0 Å². The highest BCUT2D eigenvalue weighted by Crippen LogP contribution is 2.17. The lowest BCUT2D eigenvalue weighted by molar-refractivity contribution is 0.277. The van der Waals surface area contributed by atoms with E-state index >= 15 is 0 Å². The van der Waals surface area contributed by atoms with Crippen molar-refractivity contribution in [1.29, 1.82) is 0 Å². The molecule has 1 heterocycles. The Morgan fingerprint density at radius 1 is 1.22 bits per heavy atom. The predicted octanol–water partition coefficient (Wildman–Crippen LogP) is 2.33. The zero-order valence-corrected chi connectivity index (χ0v) is 10.1. The Kier molecular flexibility index (Phi) is 4.04. The summed E-state index contributed by atoms with van der Waals surface area (Å²) >= 11 is 0. The molecule has 0 bridgehead atoms. The normalized spacial score (nSPS) is 10.8. The van der Waals surface area contributed by atoms with Gasteiger partial charge in [-0.15, -0.1) is 0 Å². The van der Waals surface area contributed by atoms with Crippen molar-refractivity contribution in [2.45, 2.75) is 6.61 Å². The van der Waals surface area contributed by atoms with Crippen molar-refractivity contribution in [3.8, 4) is 5.75 Å². The Bertz CT molecular complexity index is 536. The predicted molar refractivity (Wildman–Crippen MR) is 70.4 cm³/mol. The van der Waals surface area contributed by atoms with Gasteiger partial charge in [0.1, 0.15) is 5.75 Å². The molecule has 0 unspecified atom stereocenters. The van der Waals surface area contributed by atoms with Gasteiger partial charge in [-0.2, -0.15) is 0 Å². The number of ether oxygens (including phenoxy) is 1. The van der Waals surface area contributed by atoms with Crippen LogP contribution in [0.4, 0.5) is 5.69 Å². The third kappa shape index (κ3) is 3.15. The molecule has 0 aliphatic heterocycles. The smallest absolute Gasteiger partial charge is 0.119 e. The lowest BCUT2D eigenvalue weighted by Crippen LogP contribution is -1.93. The Balaban J connectivity index is 2.13. The fourth-order valence-corrected chi connectivity index (χ4v) is 1.47. The van der Waals surface area contributed by atoms with Gasteiger partial charge in [0.2, 0.25) is 0 Å². The molecule has 4 heteroatoms. The standard InChI is InChI=1S/C14H14N2O2/c1-18-14-7-5-11(6-8-14)15-9-12-3-2-4-13(10-17)16-12/h2-9,17H,10H2,1H3. The SMILES string of the molecule is COc1ccc(N=Cc2cccc(CO)n2)cc1. The number of aliphatic imine (C=N–C) groups is 1. The van der Waals surface area contributed by atoms with Crippen LogP contribution < -0.4 is 4.74 Å². The third-order valence-electron chi connectivity index (χ3n) is 2.41. The van der Waals surface area contributed by atoms with Gasteiger partial charge in [-0.25, -0.2) is 4.98 Å². The molecule has 0 aliphatic rings. The summed E-state index contributed by atoms with van der Waals surface area (Å²) in [6.45, 7) is -0.0653. The lowest BCUT2D eigenvalue weighted by atomic mass is 10.3. The van der Waals surface area contributed by atoms with E-state index in [0.29, 0.717) is 5.69 Å². The van der Waals surface area contributed by atoms with E-state index < -0.39 is 0 Å². The van der Waals surface area contributed by atoms with Gasteiger partial charge in [0, 0.05) is 0 Å². The second-order valence-corrected chi connectivity index (χ2v) is 3.67. The van der Waals surface area contributed by atoms with Gasteiger partial charge in [0.15, 0.2) is 0 Å². The van der Waals surface area contributed by atoms with Crippen LogP contribution in [0.15, 0.2) is 47.5 Å². The van der Waals surface area contributed by atoms with Crippen molar-refractivity contribution in [3.05, 3.63) is 53.9 Å². The van der Waals surface area contributed by atoms with Crippen molar-refractivity contribution in [1.82, 2.24) is 4.98 Å². The first-order valence-corrected chi connectivity index (χ1v) is 5.57. The number of nitrogens with zero attached hydrogens (tertiary/aromatic N) is 2. The van der Waals surface area contributed by atoms with E-state index in [1.54, 1.807) is 19.4 Å². The molecule has 0 saturated heterocycles. The van der Waals surface area contributed by atoms with E-state index in [2.05, 4.69) is 9.98 Å². The van der Waals surface area contributed by atoms with Crippen molar-refractivity contribution < 1.29 is 9.84 Å². The maximum absolute atomic E-state index is 8.98.